The Morgan fingerprint density at radius 1 is 0.714 bits per heavy atom. The topological polar surface area (TPSA) is 0 Å². The van der Waals surface area contributed by atoms with Crippen LogP contribution in [0.15, 0.2) is 66.7 Å². The van der Waals surface area contributed by atoms with Gasteiger partial charge < -0.3 is 0 Å². The molecule has 0 aromatic heterocycles. The first kappa shape index (κ1) is 21.4. The SMILES string of the molecule is C[Si]1(C)c2c3c(cc4c(Cl)cccc24)C(Cl)=C[C@H]2C4c5c(Cl)cccc5C1(c1cccc(Cl)c14)[C@@H]32. The van der Waals surface area contributed by atoms with E-state index in [-0.39, 0.29) is 16.9 Å². The summed E-state index contributed by atoms with van der Waals surface area (Å²) in [4.78, 5) is 0. The fraction of sp³-hybridized carbons (Fsp3) is 0.200. The molecule has 4 aromatic carbocycles. The van der Waals surface area contributed by atoms with Crippen LogP contribution in [0.1, 0.15) is 45.2 Å². The smallest absolute Gasteiger partial charge is 0.0840 e. The summed E-state index contributed by atoms with van der Waals surface area (Å²) in [6, 6.07) is 21.6. The highest BCUT2D eigenvalue weighted by Crippen LogP contribution is 2.73. The van der Waals surface area contributed by atoms with Crippen LogP contribution in [0.4, 0.5) is 0 Å². The van der Waals surface area contributed by atoms with Crippen LogP contribution in [0.2, 0.25) is 28.2 Å². The van der Waals surface area contributed by atoms with E-state index in [2.05, 4.69) is 61.6 Å². The van der Waals surface area contributed by atoms with Gasteiger partial charge >= 0.3 is 0 Å². The summed E-state index contributed by atoms with van der Waals surface area (Å²) in [6.07, 6.45) is 2.30. The predicted molar refractivity (Wildman–Crippen MR) is 152 cm³/mol. The first-order valence-electron chi connectivity index (χ1n) is 12.0. The quantitative estimate of drug-likeness (QED) is 0.192. The van der Waals surface area contributed by atoms with Gasteiger partial charge in [-0.2, -0.15) is 0 Å². The number of halogens is 4. The van der Waals surface area contributed by atoms with Gasteiger partial charge in [-0.05, 0) is 74.1 Å². The summed E-state index contributed by atoms with van der Waals surface area (Å²) >= 11 is 28.0. The van der Waals surface area contributed by atoms with E-state index in [0.29, 0.717) is 5.92 Å². The van der Waals surface area contributed by atoms with Gasteiger partial charge in [-0.15, -0.1) is 0 Å². The third-order valence-corrected chi connectivity index (χ3v) is 15.4. The Labute approximate surface area is 225 Å². The normalized spacial score (nSPS) is 27.9. The van der Waals surface area contributed by atoms with E-state index in [1.165, 1.54) is 38.4 Å². The lowest BCUT2D eigenvalue weighted by Gasteiger charge is -2.60. The molecule has 4 aromatic rings. The van der Waals surface area contributed by atoms with Crippen molar-refractivity contribution in [3.8, 4) is 0 Å². The van der Waals surface area contributed by atoms with Crippen LogP contribution in [-0.2, 0) is 5.04 Å². The fourth-order valence-electron chi connectivity index (χ4n) is 8.60. The third-order valence-electron chi connectivity index (χ3n) is 9.50. The Bertz CT molecular complexity index is 1650. The van der Waals surface area contributed by atoms with Gasteiger partial charge in [0, 0.05) is 42.4 Å². The Kier molecular flexibility index (Phi) is 4.01. The van der Waals surface area contributed by atoms with Crippen molar-refractivity contribution in [2.45, 2.75) is 30.0 Å². The molecular formula is C30H20Cl4Si. The molecule has 0 saturated carbocycles. The molecule has 2 atom stereocenters. The fourth-order valence-corrected chi connectivity index (χ4v) is 14.9. The summed E-state index contributed by atoms with van der Waals surface area (Å²) in [5.41, 5.74) is 7.88. The van der Waals surface area contributed by atoms with E-state index < -0.39 is 8.07 Å². The molecule has 1 spiro atoms. The van der Waals surface area contributed by atoms with E-state index in [9.17, 15) is 0 Å². The van der Waals surface area contributed by atoms with E-state index in [1.54, 1.807) is 0 Å². The minimum atomic E-state index is -2.30. The van der Waals surface area contributed by atoms with Crippen LogP contribution < -0.4 is 5.19 Å². The number of hydrogen-bond acceptors (Lipinski definition) is 0. The number of benzene rings is 4. The van der Waals surface area contributed by atoms with Crippen LogP contribution in [-0.4, -0.2) is 8.07 Å². The Morgan fingerprint density at radius 3 is 1.97 bits per heavy atom. The van der Waals surface area contributed by atoms with Gasteiger partial charge in [-0.3, -0.25) is 0 Å². The monoisotopic (exact) mass is 548 g/mol. The standard InChI is InChI=1S/C30H20Cl4Si/c1-35(2)29-14-6-3-9-20(31)15(14)12-16-23(34)13-17-24-26-18(7-4-10-21(26)32)30(35,28(17)25(16)29)19-8-5-11-22(33)27(19)24/h3-13,17,24,28H,1-2H3/t17-,24?,28+,30?/m0/s1. The average molecular weight is 550 g/mol. The molecule has 0 unspecified atom stereocenters. The van der Waals surface area contributed by atoms with Crippen LogP contribution >= 0.6 is 46.4 Å². The molecule has 1 aliphatic heterocycles. The molecule has 172 valence electrons. The van der Waals surface area contributed by atoms with Gasteiger partial charge in [-0.1, -0.05) is 102 Å². The molecule has 1 heterocycles. The minimum absolute atomic E-state index is 0.0852. The first-order valence-corrected chi connectivity index (χ1v) is 16.5. The Hall–Kier alpha value is -1.74. The van der Waals surface area contributed by atoms with Crippen LogP contribution in [0.3, 0.4) is 0 Å². The summed E-state index contributed by atoms with van der Waals surface area (Å²) in [6.45, 7) is 5.07. The van der Waals surface area contributed by atoms with Crippen molar-refractivity contribution in [3.05, 3.63) is 115 Å². The van der Waals surface area contributed by atoms with Crippen molar-refractivity contribution < 1.29 is 0 Å². The zero-order valence-corrected chi connectivity index (χ0v) is 23.1. The molecule has 0 radical (unpaired) electrons. The third kappa shape index (κ3) is 2.15. The van der Waals surface area contributed by atoms with Crippen molar-refractivity contribution in [1.29, 1.82) is 0 Å². The lowest BCUT2D eigenvalue weighted by molar-refractivity contribution is 0.328. The predicted octanol–water partition coefficient (Wildman–Crippen LogP) is 9.01. The zero-order valence-electron chi connectivity index (χ0n) is 19.1. The molecule has 5 heteroatoms. The van der Waals surface area contributed by atoms with Gasteiger partial charge in [0.05, 0.1) is 8.07 Å². The zero-order chi connectivity index (χ0) is 24.0. The maximum absolute atomic E-state index is 7.14. The molecule has 0 nitrogen and oxygen atoms in total. The van der Waals surface area contributed by atoms with Crippen molar-refractivity contribution in [2.75, 3.05) is 0 Å². The summed E-state index contributed by atoms with van der Waals surface area (Å²) in [7, 11) is -2.30. The number of allylic oxidation sites excluding steroid dienone is 1. The number of fused-ring (bicyclic) bond motifs is 2. The lowest BCUT2D eigenvalue weighted by Crippen LogP contribution is -2.63. The second-order valence-corrected chi connectivity index (χ2v) is 17.1. The van der Waals surface area contributed by atoms with Gasteiger partial charge in [0.15, 0.2) is 0 Å². The second-order valence-electron chi connectivity index (χ2n) is 10.9. The van der Waals surface area contributed by atoms with Gasteiger partial charge in [-0.25, -0.2) is 0 Å². The Morgan fingerprint density at radius 2 is 1.31 bits per heavy atom. The molecule has 0 N–H and O–H groups in total. The molecule has 0 saturated heterocycles. The van der Waals surface area contributed by atoms with Crippen LogP contribution in [0, 0.1) is 5.92 Å². The first-order chi connectivity index (χ1) is 16.8. The van der Waals surface area contributed by atoms with Crippen molar-refractivity contribution in [1.82, 2.24) is 0 Å². The highest BCUT2D eigenvalue weighted by atomic mass is 35.5. The molecular weight excluding hydrogens is 530 g/mol. The lowest BCUT2D eigenvalue weighted by atomic mass is 9.51. The van der Waals surface area contributed by atoms with Gasteiger partial charge in [0.25, 0.3) is 0 Å². The summed E-state index contributed by atoms with van der Waals surface area (Å²) in [5, 5.41) is 6.94. The van der Waals surface area contributed by atoms with Crippen molar-refractivity contribution >= 4 is 75.5 Å². The molecule has 35 heavy (non-hydrogen) atoms. The van der Waals surface area contributed by atoms with Gasteiger partial charge in [0.1, 0.15) is 0 Å². The maximum Gasteiger partial charge on any atom is 0.0982 e. The Balaban J connectivity index is 1.66. The van der Waals surface area contributed by atoms with Gasteiger partial charge in [0.2, 0.25) is 0 Å². The summed E-state index contributed by atoms with van der Waals surface area (Å²) in [5.74, 6) is 0.600. The van der Waals surface area contributed by atoms with Crippen LogP contribution in [0.25, 0.3) is 15.8 Å². The molecule has 0 amide bonds. The van der Waals surface area contributed by atoms with Crippen molar-refractivity contribution in [3.63, 3.8) is 0 Å². The second kappa shape index (κ2) is 6.57. The van der Waals surface area contributed by atoms with E-state index in [1.807, 2.05) is 18.2 Å². The highest BCUT2D eigenvalue weighted by molar-refractivity contribution is 6.96. The van der Waals surface area contributed by atoms with E-state index in [0.717, 1.165) is 31.0 Å². The largest absolute Gasteiger partial charge is 0.0982 e. The molecule has 2 bridgehead atoms. The maximum atomic E-state index is 7.14. The van der Waals surface area contributed by atoms with E-state index in [4.69, 9.17) is 46.4 Å². The highest BCUT2D eigenvalue weighted by Gasteiger charge is 2.71. The molecule has 9 rings (SSSR count). The molecule has 4 aliphatic carbocycles. The van der Waals surface area contributed by atoms with E-state index >= 15 is 0 Å². The molecule has 0 fully saturated rings. The summed E-state index contributed by atoms with van der Waals surface area (Å²) < 4.78 is 0. The van der Waals surface area contributed by atoms with Crippen LogP contribution in [0.5, 0.6) is 0 Å². The molecule has 5 aliphatic rings. The van der Waals surface area contributed by atoms with Crippen molar-refractivity contribution in [2.24, 2.45) is 5.92 Å². The number of hydrogen-bond donors (Lipinski definition) is 0. The minimum Gasteiger partial charge on any atom is -0.0840 e. The average Bonchev–Trinajstić information content (AvgIpc) is 3.05. The number of rotatable bonds is 0.